The number of aliphatic hydroxyl groups excluding tert-OH is 1. The lowest BCUT2D eigenvalue weighted by atomic mass is 10.0. The van der Waals surface area contributed by atoms with Gasteiger partial charge in [0, 0.05) is 28.0 Å². The molecule has 0 atom stereocenters. The van der Waals surface area contributed by atoms with Crippen molar-refractivity contribution in [2.75, 3.05) is 13.2 Å². The van der Waals surface area contributed by atoms with Gasteiger partial charge in [0.05, 0.1) is 30.8 Å². The van der Waals surface area contributed by atoms with Gasteiger partial charge >= 0.3 is 0 Å². The average Bonchev–Trinajstić information content (AvgIpc) is 3.26. The maximum Gasteiger partial charge on any atom is 0.275 e. The van der Waals surface area contributed by atoms with Gasteiger partial charge in [-0.05, 0) is 54.4 Å². The van der Waals surface area contributed by atoms with Crippen molar-refractivity contribution >= 4 is 28.0 Å². The van der Waals surface area contributed by atoms with E-state index in [0.717, 1.165) is 32.5 Å². The number of aryl methyl sites for hydroxylation is 1. The molecule has 0 spiro atoms. The third-order valence-corrected chi connectivity index (χ3v) is 5.66. The number of fused-ring (bicyclic) bond motifs is 2. The maximum atomic E-state index is 12.3. The third-order valence-electron chi connectivity index (χ3n) is 5.66. The Labute approximate surface area is 199 Å². The van der Waals surface area contributed by atoms with Gasteiger partial charge in [0.1, 0.15) is 5.52 Å². The van der Waals surface area contributed by atoms with Crippen molar-refractivity contribution in [2.45, 2.75) is 13.5 Å². The Hall–Kier alpha value is -4.41. The van der Waals surface area contributed by atoms with Crippen LogP contribution >= 0.6 is 0 Å². The SMILES string of the molecule is Cc1cc(-c2ccc3nnn(Cc4ccc5c(ccc[n+]5O)c4)c3n2)ccc1C(=O)NOCCO. The van der Waals surface area contributed by atoms with Crippen molar-refractivity contribution in [1.82, 2.24) is 25.5 Å². The van der Waals surface area contributed by atoms with Gasteiger partial charge in [-0.3, -0.25) is 14.8 Å². The number of nitrogens with zero attached hydrogens (tertiary/aromatic N) is 5. The van der Waals surface area contributed by atoms with Crippen molar-refractivity contribution in [3.8, 4) is 11.3 Å². The molecule has 0 saturated heterocycles. The molecule has 3 N–H and O–H groups in total. The van der Waals surface area contributed by atoms with Gasteiger partial charge in [0.25, 0.3) is 11.4 Å². The Bertz CT molecular complexity index is 1550. The summed E-state index contributed by atoms with van der Waals surface area (Å²) in [6.45, 7) is 2.15. The highest BCUT2D eigenvalue weighted by molar-refractivity contribution is 5.95. The lowest BCUT2D eigenvalue weighted by Crippen LogP contribution is -2.29. The summed E-state index contributed by atoms with van der Waals surface area (Å²) in [7, 11) is 0. The summed E-state index contributed by atoms with van der Waals surface area (Å²) >= 11 is 0. The first-order chi connectivity index (χ1) is 17.0. The van der Waals surface area contributed by atoms with Crippen molar-refractivity contribution in [3.63, 3.8) is 0 Å². The van der Waals surface area contributed by atoms with Gasteiger partial charge in [0.2, 0.25) is 6.20 Å². The summed E-state index contributed by atoms with van der Waals surface area (Å²) in [5, 5.41) is 28.2. The molecule has 0 saturated carbocycles. The fourth-order valence-electron chi connectivity index (χ4n) is 3.94. The predicted octanol–water partition coefficient (Wildman–Crippen LogP) is 2.18. The molecule has 0 aliphatic heterocycles. The number of nitrogens with one attached hydrogen (secondary N) is 1. The number of aromatic nitrogens is 5. The fraction of sp³-hybridized carbons (Fsp3) is 0.160. The van der Waals surface area contributed by atoms with E-state index in [9.17, 15) is 10.0 Å². The molecule has 0 fully saturated rings. The van der Waals surface area contributed by atoms with Gasteiger partial charge in [0.15, 0.2) is 5.65 Å². The monoisotopic (exact) mass is 471 g/mol. The highest BCUT2D eigenvalue weighted by Gasteiger charge is 2.14. The summed E-state index contributed by atoms with van der Waals surface area (Å²) in [6, 6.07) is 18.7. The third kappa shape index (κ3) is 4.52. The second-order valence-corrected chi connectivity index (χ2v) is 8.07. The second kappa shape index (κ2) is 9.45. The molecule has 5 aromatic rings. The van der Waals surface area contributed by atoms with Gasteiger partial charge in [-0.1, -0.05) is 17.3 Å². The molecule has 2 aromatic carbocycles. The largest absolute Gasteiger partial charge is 0.394 e. The zero-order valence-electron chi connectivity index (χ0n) is 18.9. The molecule has 176 valence electrons. The van der Waals surface area contributed by atoms with E-state index < -0.39 is 0 Å². The quantitative estimate of drug-likeness (QED) is 0.144. The van der Waals surface area contributed by atoms with E-state index >= 15 is 0 Å². The number of hydrogen-bond acceptors (Lipinski definition) is 7. The summed E-state index contributed by atoms with van der Waals surface area (Å²) in [5.74, 6) is -0.379. The van der Waals surface area contributed by atoms with E-state index in [-0.39, 0.29) is 19.1 Å². The summed E-state index contributed by atoms with van der Waals surface area (Å²) in [4.78, 5) is 22.0. The second-order valence-electron chi connectivity index (χ2n) is 8.07. The molecule has 10 nitrogen and oxygen atoms in total. The Morgan fingerprint density at radius 1 is 1.14 bits per heavy atom. The van der Waals surface area contributed by atoms with Crippen LogP contribution in [0.5, 0.6) is 0 Å². The van der Waals surface area contributed by atoms with E-state index in [4.69, 9.17) is 14.9 Å². The van der Waals surface area contributed by atoms with Crippen LogP contribution in [-0.2, 0) is 11.4 Å². The minimum absolute atomic E-state index is 0.0230. The molecule has 35 heavy (non-hydrogen) atoms. The molecular weight excluding hydrogens is 448 g/mol. The van der Waals surface area contributed by atoms with Crippen molar-refractivity contribution < 1.29 is 24.7 Å². The normalized spacial score (nSPS) is 11.3. The number of rotatable bonds is 7. The topological polar surface area (TPSA) is 126 Å². The van der Waals surface area contributed by atoms with E-state index in [1.165, 1.54) is 0 Å². The molecule has 0 radical (unpaired) electrons. The lowest BCUT2D eigenvalue weighted by Gasteiger charge is -2.09. The Morgan fingerprint density at radius 3 is 2.86 bits per heavy atom. The first-order valence-electron chi connectivity index (χ1n) is 11.0. The van der Waals surface area contributed by atoms with E-state index in [0.29, 0.717) is 28.8 Å². The zero-order valence-corrected chi connectivity index (χ0v) is 18.9. The number of benzene rings is 2. The lowest BCUT2D eigenvalue weighted by molar-refractivity contribution is -0.884. The number of hydroxylamine groups is 1. The fourth-order valence-corrected chi connectivity index (χ4v) is 3.94. The first-order valence-corrected chi connectivity index (χ1v) is 11.0. The van der Waals surface area contributed by atoms with Gasteiger partial charge < -0.3 is 5.11 Å². The first kappa shape index (κ1) is 22.4. The smallest absolute Gasteiger partial charge is 0.275 e. The van der Waals surface area contributed by atoms with Crippen LogP contribution in [0.1, 0.15) is 21.5 Å². The number of carbonyl (C=O) groups is 1. The van der Waals surface area contributed by atoms with Crippen LogP contribution in [0.25, 0.3) is 33.3 Å². The minimum Gasteiger partial charge on any atom is -0.394 e. The summed E-state index contributed by atoms with van der Waals surface area (Å²) in [5.41, 5.74) is 8.16. The van der Waals surface area contributed by atoms with E-state index in [2.05, 4.69) is 15.8 Å². The van der Waals surface area contributed by atoms with Crippen molar-refractivity contribution in [2.24, 2.45) is 0 Å². The molecule has 3 aromatic heterocycles. The maximum absolute atomic E-state index is 12.3. The molecular formula is C25H23N6O4+. The van der Waals surface area contributed by atoms with E-state index in [1.54, 1.807) is 23.0 Å². The van der Waals surface area contributed by atoms with Crippen LogP contribution in [0, 0.1) is 6.92 Å². The Morgan fingerprint density at radius 2 is 2.03 bits per heavy atom. The van der Waals surface area contributed by atoms with Crippen LogP contribution in [0.4, 0.5) is 0 Å². The molecule has 0 aliphatic carbocycles. The van der Waals surface area contributed by atoms with Crippen LogP contribution < -0.4 is 10.2 Å². The molecule has 0 bridgehead atoms. The highest BCUT2D eigenvalue weighted by atomic mass is 16.7. The molecule has 1 amide bonds. The standard InChI is InChI=1S/C25H22N6O4/c1-16-13-18(5-6-20(16)25(33)28-35-12-11-32)21-7-8-22-24(26-21)30(29-27-22)15-17-4-9-23-19(14-17)3-2-10-31(23)34/h2-10,13-14,32H,11-12,15H2,1H3,(H-,28,33,34)/p+1. The van der Waals surface area contributed by atoms with Crippen LogP contribution in [0.3, 0.4) is 0 Å². The average molecular weight is 471 g/mol. The molecule has 0 unspecified atom stereocenters. The Balaban J connectivity index is 1.42. The van der Waals surface area contributed by atoms with Crippen molar-refractivity contribution in [3.05, 3.63) is 83.6 Å². The summed E-state index contributed by atoms with van der Waals surface area (Å²) in [6.07, 6.45) is 1.59. The predicted molar refractivity (Wildman–Crippen MR) is 126 cm³/mol. The minimum atomic E-state index is -0.379. The van der Waals surface area contributed by atoms with Gasteiger partial charge in [-0.2, -0.15) is 0 Å². The molecule has 5 rings (SSSR count). The number of amides is 1. The van der Waals surface area contributed by atoms with Gasteiger partial charge in [-0.15, -0.1) is 5.10 Å². The van der Waals surface area contributed by atoms with Crippen LogP contribution in [0.2, 0.25) is 0 Å². The van der Waals surface area contributed by atoms with Gasteiger partial charge in [-0.25, -0.2) is 15.1 Å². The highest BCUT2D eigenvalue weighted by Crippen LogP contribution is 2.23. The molecule has 3 heterocycles. The summed E-state index contributed by atoms with van der Waals surface area (Å²) < 4.78 is 2.83. The van der Waals surface area contributed by atoms with Crippen LogP contribution in [-0.4, -0.2) is 49.4 Å². The van der Waals surface area contributed by atoms with Crippen molar-refractivity contribution in [1.29, 1.82) is 0 Å². The molecule has 10 heteroatoms. The van der Waals surface area contributed by atoms with E-state index in [1.807, 2.05) is 55.5 Å². The number of hydrogen-bond donors (Lipinski definition) is 3. The number of pyridine rings is 2. The zero-order chi connectivity index (χ0) is 24.4. The number of carbonyl (C=O) groups excluding carboxylic acids is 1. The van der Waals surface area contributed by atoms with Crippen LogP contribution in [0.15, 0.2) is 66.9 Å². The number of aliphatic hydroxyl groups is 1. The molecule has 0 aliphatic rings. The Kier molecular flexibility index (Phi) is 6.04.